The number of nitrogens with zero attached hydrogens (tertiary/aromatic N) is 1. The Hall–Kier alpha value is -4.06. The van der Waals surface area contributed by atoms with Crippen LogP contribution >= 0.6 is 0 Å². The average molecular weight is 458 g/mol. The number of hydrogen-bond donors (Lipinski definition) is 0. The number of amides is 1. The standard InChI is InChI=1S/C28H27NO5/c1-32-21-17-24(33-2)26(25(18-21)34-3)19-13-15-29(16-14-19)28(31)23-12-8-7-11-22(23)27(30)20-9-5-4-6-10-20/h4-13,17-18H,14-16H2,1-3H3. The lowest BCUT2D eigenvalue weighted by atomic mass is 9.95. The molecule has 6 nitrogen and oxygen atoms in total. The van der Waals surface area contributed by atoms with Crippen molar-refractivity contribution in [3.05, 3.63) is 95.1 Å². The number of rotatable bonds is 7. The maximum absolute atomic E-state index is 13.4. The van der Waals surface area contributed by atoms with Gasteiger partial charge in [-0.15, -0.1) is 0 Å². The van der Waals surface area contributed by atoms with Crippen LogP contribution in [0.25, 0.3) is 5.57 Å². The summed E-state index contributed by atoms with van der Waals surface area (Å²) in [5.74, 6) is 1.63. The van der Waals surface area contributed by atoms with Crippen molar-refractivity contribution in [2.75, 3.05) is 34.4 Å². The van der Waals surface area contributed by atoms with E-state index in [0.29, 0.717) is 53.4 Å². The maximum atomic E-state index is 13.4. The fourth-order valence-electron chi connectivity index (χ4n) is 4.19. The van der Waals surface area contributed by atoms with E-state index < -0.39 is 0 Å². The van der Waals surface area contributed by atoms with Crippen LogP contribution < -0.4 is 14.2 Å². The zero-order valence-electron chi connectivity index (χ0n) is 19.5. The Morgan fingerprint density at radius 3 is 1.97 bits per heavy atom. The summed E-state index contributed by atoms with van der Waals surface area (Å²) in [7, 11) is 4.81. The molecular formula is C28H27NO5. The molecule has 0 bridgehead atoms. The summed E-state index contributed by atoms with van der Waals surface area (Å²) in [6.07, 6.45) is 2.63. The van der Waals surface area contributed by atoms with E-state index >= 15 is 0 Å². The van der Waals surface area contributed by atoms with Gasteiger partial charge in [0.1, 0.15) is 17.2 Å². The highest BCUT2D eigenvalue weighted by Gasteiger charge is 2.26. The molecule has 174 valence electrons. The Morgan fingerprint density at radius 2 is 1.41 bits per heavy atom. The molecule has 0 aromatic heterocycles. The van der Waals surface area contributed by atoms with Gasteiger partial charge in [-0.25, -0.2) is 0 Å². The van der Waals surface area contributed by atoms with Gasteiger partial charge in [0.25, 0.3) is 5.91 Å². The van der Waals surface area contributed by atoms with Crippen molar-refractivity contribution in [3.8, 4) is 17.2 Å². The lowest BCUT2D eigenvalue weighted by molar-refractivity contribution is 0.0768. The first-order valence-corrected chi connectivity index (χ1v) is 11.0. The summed E-state index contributed by atoms with van der Waals surface area (Å²) in [4.78, 5) is 28.2. The van der Waals surface area contributed by atoms with Gasteiger partial charge >= 0.3 is 0 Å². The lowest BCUT2D eigenvalue weighted by Crippen LogP contribution is -2.35. The van der Waals surface area contributed by atoms with Crippen molar-refractivity contribution in [2.45, 2.75) is 6.42 Å². The van der Waals surface area contributed by atoms with E-state index in [0.717, 1.165) is 11.1 Å². The minimum atomic E-state index is -0.163. The predicted molar refractivity (Wildman–Crippen MR) is 131 cm³/mol. The fraction of sp³-hybridized carbons (Fsp3) is 0.214. The number of ketones is 1. The second-order valence-corrected chi connectivity index (χ2v) is 7.88. The molecular weight excluding hydrogens is 430 g/mol. The monoisotopic (exact) mass is 457 g/mol. The van der Waals surface area contributed by atoms with E-state index in [-0.39, 0.29) is 11.7 Å². The van der Waals surface area contributed by atoms with E-state index in [2.05, 4.69) is 0 Å². The van der Waals surface area contributed by atoms with Gasteiger partial charge in [0.05, 0.1) is 32.5 Å². The summed E-state index contributed by atoms with van der Waals surface area (Å²) in [6.45, 7) is 0.928. The molecule has 0 fully saturated rings. The summed E-state index contributed by atoms with van der Waals surface area (Å²) in [6, 6.07) is 19.6. The number of benzene rings is 3. The van der Waals surface area contributed by atoms with Crippen LogP contribution in [0.5, 0.6) is 17.2 Å². The highest BCUT2D eigenvalue weighted by atomic mass is 16.5. The minimum absolute atomic E-state index is 0.162. The number of hydrogen-bond acceptors (Lipinski definition) is 5. The van der Waals surface area contributed by atoms with Crippen molar-refractivity contribution in [3.63, 3.8) is 0 Å². The van der Waals surface area contributed by atoms with Gasteiger partial charge in [0.15, 0.2) is 5.78 Å². The van der Waals surface area contributed by atoms with Gasteiger partial charge < -0.3 is 19.1 Å². The summed E-state index contributed by atoms with van der Waals surface area (Å²) in [5.41, 5.74) is 3.27. The summed E-state index contributed by atoms with van der Waals surface area (Å²) in [5, 5.41) is 0. The third-order valence-electron chi connectivity index (χ3n) is 5.97. The van der Waals surface area contributed by atoms with E-state index in [1.807, 2.05) is 36.4 Å². The van der Waals surface area contributed by atoms with Crippen LogP contribution in [-0.2, 0) is 0 Å². The van der Waals surface area contributed by atoms with Gasteiger partial charge in [0, 0.05) is 36.3 Å². The number of methoxy groups -OCH3 is 3. The zero-order valence-corrected chi connectivity index (χ0v) is 19.5. The first-order valence-electron chi connectivity index (χ1n) is 11.0. The Morgan fingerprint density at radius 1 is 0.794 bits per heavy atom. The van der Waals surface area contributed by atoms with Crippen molar-refractivity contribution in [1.29, 1.82) is 0 Å². The molecule has 0 radical (unpaired) electrons. The largest absolute Gasteiger partial charge is 0.496 e. The molecule has 1 heterocycles. The smallest absolute Gasteiger partial charge is 0.254 e. The van der Waals surface area contributed by atoms with Gasteiger partial charge in [-0.3, -0.25) is 9.59 Å². The number of ether oxygens (including phenoxy) is 3. The van der Waals surface area contributed by atoms with E-state index in [1.165, 1.54) is 0 Å². The molecule has 1 aliphatic heterocycles. The molecule has 3 aromatic carbocycles. The van der Waals surface area contributed by atoms with Crippen LogP contribution in [-0.4, -0.2) is 51.0 Å². The van der Waals surface area contributed by atoms with Crippen molar-refractivity contribution in [2.24, 2.45) is 0 Å². The number of carbonyl (C=O) groups is 2. The molecule has 1 aliphatic rings. The molecule has 1 amide bonds. The number of carbonyl (C=O) groups excluding carboxylic acids is 2. The topological polar surface area (TPSA) is 65.1 Å². The molecule has 0 saturated heterocycles. The molecule has 4 rings (SSSR count). The Kier molecular flexibility index (Phi) is 6.97. The molecule has 0 unspecified atom stereocenters. The fourth-order valence-corrected chi connectivity index (χ4v) is 4.19. The Bertz CT molecular complexity index is 1210. The molecule has 0 N–H and O–H groups in total. The first kappa shape index (κ1) is 23.1. The minimum Gasteiger partial charge on any atom is -0.496 e. The predicted octanol–water partition coefficient (Wildman–Crippen LogP) is 4.87. The molecule has 0 atom stereocenters. The van der Waals surface area contributed by atoms with Crippen LogP contribution in [0.1, 0.15) is 38.3 Å². The second-order valence-electron chi connectivity index (χ2n) is 7.88. The summed E-state index contributed by atoms with van der Waals surface area (Å²) >= 11 is 0. The van der Waals surface area contributed by atoms with Crippen LogP contribution in [0.15, 0.2) is 72.8 Å². The zero-order chi connectivity index (χ0) is 24.1. The van der Waals surface area contributed by atoms with Crippen LogP contribution in [0.4, 0.5) is 0 Å². The van der Waals surface area contributed by atoms with E-state index in [1.54, 1.807) is 62.6 Å². The van der Waals surface area contributed by atoms with Crippen molar-refractivity contribution < 1.29 is 23.8 Å². The highest BCUT2D eigenvalue weighted by molar-refractivity contribution is 6.15. The normalized spacial score (nSPS) is 13.1. The quantitative estimate of drug-likeness (QED) is 0.474. The third-order valence-corrected chi connectivity index (χ3v) is 5.97. The molecule has 6 heteroatoms. The Labute approximate surface area is 199 Å². The second kappa shape index (κ2) is 10.3. The van der Waals surface area contributed by atoms with Gasteiger partial charge in [0.2, 0.25) is 0 Å². The summed E-state index contributed by atoms with van der Waals surface area (Å²) < 4.78 is 16.5. The third kappa shape index (κ3) is 4.53. The average Bonchev–Trinajstić information content (AvgIpc) is 2.92. The van der Waals surface area contributed by atoms with Crippen LogP contribution in [0.2, 0.25) is 0 Å². The van der Waals surface area contributed by atoms with Crippen molar-refractivity contribution >= 4 is 17.3 Å². The van der Waals surface area contributed by atoms with Crippen LogP contribution in [0.3, 0.4) is 0 Å². The van der Waals surface area contributed by atoms with Gasteiger partial charge in [-0.2, -0.15) is 0 Å². The van der Waals surface area contributed by atoms with Gasteiger partial charge in [-0.1, -0.05) is 54.6 Å². The van der Waals surface area contributed by atoms with Gasteiger partial charge in [-0.05, 0) is 18.1 Å². The van der Waals surface area contributed by atoms with E-state index in [9.17, 15) is 9.59 Å². The highest BCUT2D eigenvalue weighted by Crippen LogP contribution is 2.41. The maximum Gasteiger partial charge on any atom is 0.254 e. The van der Waals surface area contributed by atoms with Crippen LogP contribution in [0, 0.1) is 0 Å². The SMILES string of the molecule is COc1cc(OC)c(C2=CCN(C(=O)c3ccccc3C(=O)c3ccccc3)CC2)c(OC)c1. The molecule has 34 heavy (non-hydrogen) atoms. The lowest BCUT2D eigenvalue weighted by Gasteiger charge is -2.28. The van der Waals surface area contributed by atoms with Crippen molar-refractivity contribution in [1.82, 2.24) is 4.90 Å². The molecule has 3 aromatic rings. The molecule has 0 saturated carbocycles. The van der Waals surface area contributed by atoms with E-state index in [4.69, 9.17) is 14.2 Å². The Balaban J connectivity index is 1.60. The first-order chi connectivity index (χ1) is 16.6. The molecule has 0 spiro atoms. The molecule has 0 aliphatic carbocycles.